The molecule has 0 amide bonds. The van der Waals surface area contributed by atoms with Crippen LogP contribution in [0.3, 0.4) is 0 Å². The number of hydrogen-bond acceptors (Lipinski definition) is 6. The first-order valence-corrected chi connectivity index (χ1v) is 12.0. The van der Waals surface area contributed by atoms with Crippen molar-refractivity contribution in [3.8, 4) is 11.4 Å². The average molecular weight is 504 g/mol. The molecule has 5 aromatic rings. The number of likely N-dealkylation sites (N-methyl/N-ethyl adjacent to an activating group) is 1. The van der Waals surface area contributed by atoms with Gasteiger partial charge in [0.05, 0.1) is 16.6 Å². The number of benzene rings is 3. The number of nitrogens with one attached hydrogen (secondary N) is 2. The first-order chi connectivity index (χ1) is 17.9. The molecule has 0 bridgehead atoms. The van der Waals surface area contributed by atoms with Crippen molar-refractivity contribution < 1.29 is 13.2 Å². The van der Waals surface area contributed by atoms with Crippen LogP contribution in [-0.2, 0) is 6.18 Å². The zero-order chi connectivity index (χ0) is 25.6. The Hall–Kier alpha value is -4.18. The Morgan fingerprint density at radius 1 is 0.838 bits per heavy atom. The number of halogens is 3. The maximum atomic E-state index is 13.8. The van der Waals surface area contributed by atoms with Gasteiger partial charge in [-0.05, 0) is 43.4 Å². The third kappa shape index (κ3) is 4.44. The van der Waals surface area contributed by atoms with Crippen molar-refractivity contribution in [2.45, 2.75) is 6.18 Å². The van der Waals surface area contributed by atoms with Crippen LogP contribution in [0.5, 0.6) is 0 Å². The molecule has 1 fully saturated rings. The minimum Gasteiger partial charge on any atom is -0.369 e. The van der Waals surface area contributed by atoms with Crippen LogP contribution in [0.4, 0.5) is 30.5 Å². The van der Waals surface area contributed by atoms with E-state index in [-0.39, 0.29) is 11.4 Å². The number of para-hydroxylation sites is 1. The fourth-order valence-electron chi connectivity index (χ4n) is 4.69. The standard InChI is InChI=1S/C27H24F3N7/c1-36-12-14-37(15-13-36)17-10-11-22-20(16-17)25(33-26-19-7-3-5-9-23(19)34-35-26)32-24(31-22)18-6-2-4-8-21(18)27(28,29)30/h2-11,16H,12-15H2,1H3,(H2,31,32,33,34,35). The van der Waals surface area contributed by atoms with Gasteiger partial charge in [0, 0.05) is 48.2 Å². The average Bonchev–Trinajstić information content (AvgIpc) is 3.31. The van der Waals surface area contributed by atoms with Gasteiger partial charge in [-0.15, -0.1) is 0 Å². The maximum absolute atomic E-state index is 13.8. The Morgan fingerprint density at radius 2 is 1.59 bits per heavy atom. The lowest BCUT2D eigenvalue weighted by atomic mass is 10.1. The second kappa shape index (κ2) is 9.04. The van der Waals surface area contributed by atoms with Crippen LogP contribution in [0.2, 0.25) is 0 Å². The zero-order valence-corrected chi connectivity index (χ0v) is 20.0. The molecule has 7 nitrogen and oxygen atoms in total. The largest absolute Gasteiger partial charge is 0.417 e. The van der Waals surface area contributed by atoms with E-state index in [1.165, 1.54) is 12.1 Å². The summed E-state index contributed by atoms with van der Waals surface area (Å²) in [5.41, 5.74) is 1.54. The number of anilines is 3. The van der Waals surface area contributed by atoms with Crippen LogP contribution in [0.1, 0.15) is 5.56 Å². The van der Waals surface area contributed by atoms with Gasteiger partial charge in [-0.3, -0.25) is 5.10 Å². The van der Waals surface area contributed by atoms with E-state index >= 15 is 0 Å². The molecule has 1 saturated heterocycles. The second-order valence-corrected chi connectivity index (χ2v) is 9.17. The molecule has 188 valence electrons. The number of nitrogens with zero attached hydrogens (tertiary/aromatic N) is 5. The molecular weight excluding hydrogens is 479 g/mol. The van der Waals surface area contributed by atoms with Gasteiger partial charge in [0.1, 0.15) is 5.82 Å². The number of aromatic amines is 1. The third-order valence-electron chi connectivity index (χ3n) is 6.73. The molecule has 0 spiro atoms. The van der Waals surface area contributed by atoms with Gasteiger partial charge >= 0.3 is 6.18 Å². The fraction of sp³-hybridized carbons (Fsp3) is 0.222. The molecule has 0 aliphatic carbocycles. The molecule has 0 radical (unpaired) electrons. The Bertz CT molecular complexity index is 1590. The number of alkyl halides is 3. The minimum atomic E-state index is -4.54. The molecule has 1 aliphatic heterocycles. The van der Waals surface area contributed by atoms with Crippen LogP contribution >= 0.6 is 0 Å². The van der Waals surface area contributed by atoms with E-state index in [0.29, 0.717) is 22.5 Å². The quantitative estimate of drug-likeness (QED) is 0.329. The van der Waals surface area contributed by atoms with E-state index < -0.39 is 11.7 Å². The molecule has 6 rings (SSSR count). The first-order valence-electron chi connectivity index (χ1n) is 12.0. The van der Waals surface area contributed by atoms with Crippen molar-refractivity contribution in [3.05, 3.63) is 72.3 Å². The highest BCUT2D eigenvalue weighted by Crippen LogP contribution is 2.38. The zero-order valence-electron chi connectivity index (χ0n) is 20.0. The highest BCUT2D eigenvalue weighted by atomic mass is 19.4. The van der Waals surface area contributed by atoms with Gasteiger partial charge in [0.15, 0.2) is 11.6 Å². The van der Waals surface area contributed by atoms with E-state index in [2.05, 4.69) is 42.3 Å². The topological polar surface area (TPSA) is 73.0 Å². The monoisotopic (exact) mass is 503 g/mol. The van der Waals surface area contributed by atoms with Gasteiger partial charge in [0.25, 0.3) is 0 Å². The molecule has 0 atom stereocenters. The van der Waals surface area contributed by atoms with Crippen molar-refractivity contribution in [2.75, 3.05) is 43.4 Å². The van der Waals surface area contributed by atoms with E-state index in [4.69, 9.17) is 0 Å². The van der Waals surface area contributed by atoms with Gasteiger partial charge in [-0.2, -0.15) is 18.3 Å². The number of rotatable bonds is 4. The van der Waals surface area contributed by atoms with Crippen LogP contribution in [0, 0.1) is 0 Å². The van der Waals surface area contributed by atoms with Crippen molar-refractivity contribution >= 4 is 39.1 Å². The Balaban J connectivity index is 1.51. The van der Waals surface area contributed by atoms with E-state index in [0.717, 1.165) is 48.8 Å². The van der Waals surface area contributed by atoms with Crippen LogP contribution < -0.4 is 10.2 Å². The number of fused-ring (bicyclic) bond motifs is 2. The Kier molecular flexibility index (Phi) is 5.68. The summed E-state index contributed by atoms with van der Waals surface area (Å²) >= 11 is 0. The SMILES string of the molecule is CN1CCN(c2ccc3nc(-c4ccccc4C(F)(F)F)nc(Nc4n[nH]c5ccccc45)c3c2)CC1. The maximum Gasteiger partial charge on any atom is 0.417 e. The summed E-state index contributed by atoms with van der Waals surface area (Å²) in [5.74, 6) is 0.927. The summed E-state index contributed by atoms with van der Waals surface area (Å²) in [6, 6.07) is 18.8. The number of hydrogen-bond donors (Lipinski definition) is 2. The van der Waals surface area contributed by atoms with Crippen molar-refractivity contribution in [3.63, 3.8) is 0 Å². The van der Waals surface area contributed by atoms with Gasteiger partial charge < -0.3 is 15.1 Å². The van der Waals surface area contributed by atoms with Crippen molar-refractivity contribution in [2.24, 2.45) is 0 Å². The predicted octanol–water partition coefficient (Wildman–Crippen LogP) is 5.69. The van der Waals surface area contributed by atoms with Crippen LogP contribution in [0.25, 0.3) is 33.2 Å². The van der Waals surface area contributed by atoms with Crippen molar-refractivity contribution in [1.29, 1.82) is 0 Å². The van der Waals surface area contributed by atoms with Crippen molar-refractivity contribution in [1.82, 2.24) is 25.1 Å². The lowest BCUT2D eigenvalue weighted by Crippen LogP contribution is -2.44. The minimum absolute atomic E-state index is 0.00452. The van der Waals surface area contributed by atoms with Gasteiger partial charge in [-0.25, -0.2) is 9.97 Å². The number of piperazine rings is 1. The molecular formula is C27H24F3N7. The predicted molar refractivity (Wildman–Crippen MR) is 139 cm³/mol. The molecule has 1 aliphatic rings. The summed E-state index contributed by atoms with van der Waals surface area (Å²) < 4.78 is 41.5. The Labute approximate surface area is 210 Å². The molecule has 0 saturated carbocycles. The molecule has 3 heterocycles. The van der Waals surface area contributed by atoms with E-state index in [1.54, 1.807) is 6.07 Å². The summed E-state index contributed by atoms with van der Waals surface area (Å²) in [6.45, 7) is 3.66. The molecule has 3 aromatic carbocycles. The summed E-state index contributed by atoms with van der Waals surface area (Å²) in [4.78, 5) is 13.8. The molecule has 0 unspecified atom stereocenters. The normalized spacial score (nSPS) is 15.0. The lowest BCUT2D eigenvalue weighted by molar-refractivity contribution is -0.137. The van der Waals surface area contributed by atoms with E-state index in [9.17, 15) is 13.2 Å². The molecule has 2 N–H and O–H groups in total. The van der Waals surface area contributed by atoms with Gasteiger partial charge in [-0.1, -0.05) is 30.3 Å². The lowest BCUT2D eigenvalue weighted by Gasteiger charge is -2.34. The third-order valence-corrected chi connectivity index (χ3v) is 6.73. The number of H-pyrrole nitrogens is 1. The fourth-order valence-corrected chi connectivity index (χ4v) is 4.69. The summed E-state index contributed by atoms with van der Waals surface area (Å²) in [6.07, 6.45) is -4.54. The second-order valence-electron chi connectivity index (χ2n) is 9.17. The molecule has 2 aromatic heterocycles. The highest BCUT2D eigenvalue weighted by molar-refractivity contribution is 5.98. The van der Waals surface area contributed by atoms with Crippen LogP contribution in [-0.4, -0.2) is 58.3 Å². The molecule has 10 heteroatoms. The summed E-state index contributed by atoms with van der Waals surface area (Å²) in [5, 5.41) is 12.2. The summed E-state index contributed by atoms with van der Waals surface area (Å²) in [7, 11) is 2.10. The first kappa shape index (κ1) is 23.2. The van der Waals surface area contributed by atoms with Gasteiger partial charge in [0.2, 0.25) is 0 Å². The highest BCUT2D eigenvalue weighted by Gasteiger charge is 2.34. The smallest absolute Gasteiger partial charge is 0.369 e. The Morgan fingerprint density at radius 3 is 2.41 bits per heavy atom. The van der Waals surface area contributed by atoms with Crippen LogP contribution in [0.15, 0.2) is 66.7 Å². The van der Waals surface area contributed by atoms with E-state index in [1.807, 2.05) is 42.5 Å². The molecule has 37 heavy (non-hydrogen) atoms. The number of aromatic nitrogens is 4.